The topological polar surface area (TPSA) is 120 Å². The second-order valence-electron chi connectivity index (χ2n) is 8.35. The highest BCUT2D eigenvalue weighted by atomic mass is 19.1. The molecule has 1 atom stereocenters. The number of carbonyl (C=O) groups excluding carboxylic acids is 2. The number of hydrogen-bond acceptors (Lipinski definition) is 5. The number of rotatable bonds is 8. The largest absolute Gasteiger partial charge is 0.354 e. The van der Waals surface area contributed by atoms with E-state index in [1.54, 1.807) is 24.3 Å². The highest BCUT2D eigenvalue weighted by Crippen LogP contribution is 2.15. The third-order valence-electron chi connectivity index (χ3n) is 5.77. The number of anilines is 1. The Bertz CT molecular complexity index is 1590. The Hall–Kier alpha value is -4.35. The Morgan fingerprint density at radius 1 is 1.08 bits per heavy atom. The van der Waals surface area contributed by atoms with Gasteiger partial charge in [0.1, 0.15) is 18.2 Å². The number of hydrogen-bond donors (Lipinski definition) is 2. The molecule has 0 aliphatic rings. The molecule has 2 aromatic heterocycles. The number of carbonyl (C=O) groups is 2. The zero-order valence-electron chi connectivity index (χ0n) is 19.6. The van der Waals surface area contributed by atoms with Crippen molar-refractivity contribution in [2.24, 2.45) is 0 Å². The monoisotopic (exact) mass is 498 g/mol. The van der Waals surface area contributed by atoms with Crippen molar-refractivity contribution >= 4 is 34.2 Å². The van der Waals surface area contributed by atoms with Gasteiger partial charge in [-0.2, -0.15) is 0 Å². The maximum absolute atomic E-state index is 13.9. The molecule has 0 saturated heterocycles. The van der Waals surface area contributed by atoms with Crippen molar-refractivity contribution in [2.45, 2.75) is 45.8 Å². The first kappa shape index (κ1) is 24.8. The minimum atomic E-state index is -0.971. The lowest BCUT2D eigenvalue weighted by molar-refractivity contribution is -0.122. The lowest BCUT2D eigenvalue weighted by atomic mass is 10.2. The average Bonchev–Trinajstić information content (AvgIpc) is 3.16. The number of aromatic nitrogens is 4. The normalized spacial score (nSPS) is 12.1. The summed E-state index contributed by atoms with van der Waals surface area (Å²) in [5, 5.41) is 9.52. The quantitative estimate of drug-likeness (QED) is 0.385. The summed E-state index contributed by atoms with van der Waals surface area (Å²) in [6, 6.07) is 9.06. The van der Waals surface area contributed by atoms with Crippen LogP contribution >= 0.6 is 0 Å². The van der Waals surface area contributed by atoms with E-state index in [1.807, 2.05) is 13.8 Å². The van der Waals surface area contributed by atoms with Gasteiger partial charge in [0, 0.05) is 25.1 Å². The van der Waals surface area contributed by atoms with Crippen LogP contribution in [0.5, 0.6) is 0 Å². The van der Waals surface area contributed by atoms with Crippen molar-refractivity contribution in [1.29, 1.82) is 0 Å². The zero-order chi connectivity index (χ0) is 26.0. The van der Waals surface area contributed by atoms with Gasteiger partial charge in [0.2, 0.25) is 17.6 Å². The summed E-state index contributed by atoms with van der Waals surface area (Å²) < 4.78 is 30.3. The van der Waals surface area contributed by atoms with E-state index in [9.17, 15) is 28.0 Å². The maximum atomic E-state index is 13.9. The second kappa shape index (κ2) is 10.1. The molecule has 4 aromatic rings. The van der Waals surface area contributed by atoms with Crippen molar-refractivity contribution in [3.05, 3.63) is 74.9 Å². The maximum Gasteiger partial charge on any atom is 0.352 e. The molecule has 0 radical (unpaired) electrons. The molecular weight excluding hydrogens is 474 g/mol. The first-order valence-corrected chi connectivity index (χ1v) is 11.3. The molecule has 188 valence electrons. The van der Waals surface area contributed by atoms with Crippen LogP contribution in [0.4, 0.5) is 14.5 Å². The molecule has 12 heteroatoms. The van der Waals surface area contributed by atoms with Gasteiger partial charge < -0.3 is 10.6 Å². The Balaban J connectivity index is 1.71. The average molecular weight is 498 g/mol. The van der Waals surface area contributed by atoms with Crippen LogP contribution in [0.2, 0.25) is 0 Å². The summed E-state index contributed by atoms with van der Waals surface area (Å²) in [5.41, 5.74) is -1.11. The lowest BCUT2D eigenvalue weighted by Gasteiger charge is -2.12. The van der Waals surface area contributed by atoms with Crippen molar-refractivity contribution in [3.8, 4) is 0 Å². The SMILES string of the molecule is CCC(C)NC(=O)CCn1c(=O)c2ccccc2n2c(=O)n(CC(=O)Nc3ccc(F)cc3F)nc12. The number of halogens is 2. The van der Waals surface area contributed by atoms with Gasteiger partial charge in [-0.1, -0.05) is 19.1 Å². The zero-order valence-corrected chi connectivity index (χ0v) is 19.6. The minimum Gasteiger partial charge on any atom is -0.354 e. The molecule has 0 fully saturated rings. The summed E-state index contributed by atoms with van der Waals surface area (Å²) >= 11 is 0. The molecule has 2 aromatic carbocycles. The predicted molar refractivity (Wildman–Crippen MR) is 129 cm³/mol. The van der Waals surface area contributed by atoms with E-state index >= 15 is 0 Å². The molecule has 36 heavy (non-hydrogen) atoms. The van der Waals surface area contributed by atoms with E-state index in [0.29, 0.717) is 11.6 Å². The van der Waals surface area contributed by atoms with E-state index in [0.717, 1.165) is 23.2 Å². The van der Waals surface area contributed by atoms with Gasteiger partial charge in [-0.25, -0.2) is 22.7 Å². The molecule has 0 aliphatic heterocycles. The van der Waals surface area contributed by atoms with Crippen LogP contribution in [0.3, 0.4) is 0 Å². The number of aryl methyl sites for hydroxylation is 1. The molecule has 0 spiro atoms. The van der Waals surface area contributed by atoms with E-state index in [1.165, 1.54) is 8.97 Å². The molecule has 2 amide bonds. The number of para-hydroxylation sites is 1. The highest BCUT2D eigenvalue weighted by Gasteiger charge is 2.20. The van der Waals surface area contributed by atoms with Crippen LogP contribution in [0.25, 0.3) is 16.7 Å². The van der Waals surface area contributed by atoms with Crippen LogP contribution in [0.15, 0.2) is 52.1 Å². The third kappa shape index (κ3) is 4.88. The van der Waals surface area contributed by atoms with Crippen LogP contribution < -0.4 is 21.9 Å². The summed E-state index contributed by atoms with van der Waals surface area (Å²) in [7, 11) is 0. The lowest BCUT2D eigenvalue weighted by Crippen LogP contribution is -2.34. The fraction of sp³-hybridized carbons (Fsp3) is 0.292. The number of nitrogens with zero attached hydrogens (tertiary/aromatic N) is 4. The van der Waals surface area contributed by atoms with Gasteiger partial charge in [0.05, 0.1) is 16.6 Å². The number of benzene rings is 2. The van der Waals surface area contributed by atoms with Gasteiger partial charge in [0.25, 0.3) is 5.56 Å². The van der Waals surface area contributed by atoms with E-state index in [4.69, 9.17) is 0 Å². The first-order chi connectivity index (χ1) is 17.2. The molecule has 10 nitrogen and oxygen atoms in total. The molecular formula is C24H24F2N6O4. The first-order valence-electron chi connectivity index (χ1n) is 11.3. The minimum absolute atomic E-state index is 0.0242. The molecule has 0 saturated carbocycles. The van der Waals surface area contributed by atoms with Gasteiger partial charge in [-0.05, 0) is 37.6 Å². The summed E-state index contributed by atoms with van der Waals surface area (Å²) in [4.78, 5) is 51.2. The molecule has 4 rings (SSSR count). The van der Waals surface area contributed by atoms with Gasteiger partial charge in [-0.3, -0.25) is 19.0 Å². The number of fused-ring (bicyclic) bond motifs is 3. The van der Waals surface area contributed by atoms with Crippen molar-refractivity contribution in [3.63, 3.8) is 0 Å². The molecule has 1 unspecified atom stereocenters. The van der Waals surface area contributed by atoms with Gasteiger partial charge >= 0.3 is 5.69 Å². The van der Waals surface area contributed by atoms with Crippen molar-refractivity contribution in [1.82, 2.24) is 24.1 Å². The smallest absolute Gasteiger partial charge is 0.352 e. The Morgan fingerprint density at radius 3 is 2.56 bits per heavy atom. The predicted octanol–water partition coefficient (Wildman–Crippen LogP) is 2.03. The molecule has 0 aliphatic carbocycles. The number of amides is 2. The number of nitrogens with one attached hydrogen (secondary N) is 2. The standard InChI is InChI=1S/C24H24F2N6O4/c1-3-14(2)27-20(33)10-11-30-22(35)16-6-4-5-7-19(16)32-23(30)29-31(24(32)36)13-21(34)28-18-9-8-15(25)12-17(18)26/h4-9,12,14H,3,10-11,13H2,1-2H3,(H,27,33)(H,28,34). The van der Waals surface area contributed by atoms with Crippen molar-refractivity contribution in [2.75, 3.05) is 5.32 Å². The molecule has 2 heterocycles. The Morgan fingerprint density at radius 2 is 1.83 bits per heavy atom. The van der Waals surface area contributed by atoms with Crippen molar-refractivity contribution < 1.29 is 18.4 Å². The van der Waals surface area contributed by atoms with Crippen LogP contribution in [-0.4, -0.2) is 36.6 Å². The van der Waals surface area contributed by atoms with Gasteiger partial charge in [-0.15, -0.1) is 5.10 Å². The third-order valence-corrected chi connectivity index (χ3v) is 5.77. The van der Waals surface area contributed by atoms with Gasteiger partial charge in [0.15, 0.2) is 0 Å². The van der Waals surface area contributed by atoms with Crippen LogP contribution in [0, 0.1) is 11.6 Å². The fourth-order valence-electron chi connectivity index (χ4n) is 3.75. The van der Waals surface area contributed by atoms with E-state index in [2.05, 4.69) is 15.7 Å². The Kier molecular flexibility index (Phi) is 6.95. The summed E-state index contributed by atoms with van der Waals surface area (Å²) in [6.07, 6.45) is 0.721. The fourth-order valence-corrected chi connectivity index (χ4v) is 3.75. The summed E-state index contributed by atoms with van der Waals surface area (Å²) in [5.74, 6) is -2.85. The van der Waals surface area contributed by atoms with E-state index < -0.39 is 35.3 Å². The molecule has 0 bridgehead atoms. The summed E-state index contributed by atoms with van der Waals surface area (Å²) in [6.45, 7) is 3.16. The van der Waals surface area contributed by atoms with Crippen LogP contribution in [-0.2, 0) is 22.7 Å². The highest BCUT2D eigenvalue weighted by molar-refractivity contribution is 5.90. The van der Waals surface area contributed by atoms with Crippen LogP contribution in [0.1, 0.15) is 26.7 Å². The molecule has 2 N–H and O–H groups in total. The van der Waals surface area contributed by atoms with E-state index in [-0.39, 0.29) is 41.8 Å². The second-order valence-corrected chi connectivity index (χ2v) is 8.35. The Labute approximate surface area is 203 Å².